The molecule has 1 aliphatic rings. The summed E-state index contributed by atoms with van der Waals surface area (Å²) < 4.78 is 5.54. The summed E-state index contributed by atoms with van der Waals surface area (Å²) in [5, 5.41) is 18.4. The van der Waals surface area contributed by atoms with Crippen molar-refractivity contribution in [3.8, 4) is 17.6 Å². The van der Waals surface area contributed by atoms with Crippen LogP contribution in [-0.2, 0) is 13.1 Å². The molecule has 0 aliphatic carbocycles. The molecule has 166 valence electrons. The van der Waals surface area contributed by atoms with Gasteiger partial charge in [0.25, 0.3) is 0 Å². The summed E-state index contributed by atoms with van der Waals surface area (Å²) in [6.07, 6.45) is 1.29. The van der Waals surface area contributed by atoms with Crippen LogP contribution in [0.1, 0.15) is 36.5 Å². The van der Waals surface area contributed by atoms with Gasteiger partial charge in [-0.25, -0.2) is 0 Å². The molecular weight excluding hydrogens is 388 g/mol. The van der Waals surface area contributed by atoms with E-state index in [0.717, 1.165) is 50.5 Å². The quantitative estimate of drug-likeness (QED) is 0.609. The molecule has 0 unspecified atom stereocenters. The summed E-state index contributed by atoms with van der Waals surface area (Å²) in [7, 11) is 0. The molecular formula is C26H34N2O3. The highest BCUT2D eigenvalue weighted by Gasteiger charge is 2.26. The largest absolute Gasteiger partial charge is 0.494 e. The Balaban J connectivity index is 1.56. The van der Waals surface area contributed by atoms with Gasteiger partial charge >= 0.3 is 0 Å². The fourth-order valence-electron chi connectivity index (χ4n) is 4.00. The van der Waals surface area contributed by atoms with Crippen molar-refractivity contribution in [3.63, 3.8) is 0 Å². The van der Waals surface area contributed by atoms with Gasteiger partial charge in [0, 0.05) is 57.4 Å². The van der Waals surface area contributed by atoms with E-state index < -0.39 is 0 Å². The number of benzene rings is 2. The minimum Gasteiger partial charge on any atom is -0.494 e. The van der Waals surface area contributed by atoms with Crippen LogP contribution in [0, 0.1) is 11.8 Å². The van der Waals surface area contributed by atoms with E-state index in [-0.39, 0.29) is 13.2 Å². The van der Waals surface area contributed by atoms with Gasteiger partial charge in [-0.05, 0) is 48.7 Å². The number of aliphatic hydroxyl groups excluding tert-OH is 2. The Morgan fingerprint density at radius 3 is 2.32 bits per heavy atom. The highest BCUT2D eigenvalue weighted by molar-refractivity contribution is 5.36. The second-order valence-corrected chi connectivity index (χ2v) is 7.92. The minimum atomic E-state index is 0.102. The Morgan fingerprint density at radius 2 is 1.65 bits per heavy atom. The van der Waals surface area contributed by atoms with Gasteiger partial charge in [-0.15, -0.1) is 0 Å². The summed E-state index contributed by atoms with van der Waals surface area (Å²) in [6.45, 7) is 7.74. The van der Waals surface area contributed by atoms with Crippen LogP contribution in [0.25, 0.3) is 0 Å². The molecule has 0 radical (unpaired) electrons. The molecule has 1 atom stereocenters. The van der Waals surface area contributed by atoms with Crippen LogP contribution in [0.15, 0.2) is 48.5 Å². The fraction of sp³-hybridized carbons (Fsp3) is 0.462. The zero-order chi connectivity index (χ0) is 21.9. The number of ether oxygens (including phenoxy) is 1. The Labute approximate surface area is 186 Å². The van der Waals surface area contributed by atoms with Crippen LogP contribution in [0.4, 0.5) is 0 Å². The highest BCUT2D eigenvalue weighted by atomic mass is 16.5. The molecule has 0 aromatic heterocycles. The molecule has 0 spiro atoms. The van der Waals surface area contributed by atoms with E-state index in [1.807, 2.05) is 31.2 Å². The smallest absolute Gasteiger partial charge is 0.119 e. The monoisotopic (exact) mass is 422 g/mol. The number of hydrogen-bond acceptors (Lipinski definition) is 5. The third-order valence-corrected chi connectivity index (χ3v) is 5.60. The van der Waals surface area contributed by atoms with Gasteiger partial charge < -0.3 is 14.9 Å². The zero-order valence-corrected chi connectivity index (χ0v) is 18.5. The Kier molecular flexibility index (Phi) is 9.39. The Hall–Kier alpha value is -2.36. The molecule has 2 N–H and O–H groups in total. The third-order valence-electron chi connectivity index (χ3n) is 5.60. The van der Waals surface area contributed by atoms with Gasteiger partial charge in [-0.1, -0.05) is 36.1 Å². The van der Waals surface area contributed by atoms with Gasteiger partial charge in [-0.2, -0.15) is 0 Å². The van der Waals surface area contributed by atoms with Crippen molar-refractivity contribution in [3.05, 3.63) is 65.2 Å². The van der Waals surface area contributed by atoms with Crippen molar-refractivity contribution >= 4 is 0 Å². The van der Waals surface area contributed by atoms with Crippen LogP contribution < -0.4 is 4.74 Å². The molecule has 31 heavy (non-hydrogen) atoms. The molecule has 1 fully saturated rings. The molecule has 2 aromatic rings. The van der Waals surface area contributed by atoms with Crippen LogP contribution in [0.2, 0.25) is 0 Å². The first-order chi connectivity index (χ1) is 15.2. The number of piperazine rings is 1. The molecule has 1 aliphatic heterocycles. The Morgan fingerprint density at radius 1 is 0.935 bits per heavy atom. The van der Waals surface area contributed by atoms with Crippen molar-refractivity contribution < 1.29 is 14.9 Å². The number of nitrogens with zero attached hydrogens (tertiary/aromatic N) is 2. The lowest BCUT2D eigenvalue weighted by atomic mass is 10.1. The first-order valence-electron chi connectivity index (χ1n) is 11.2. The van der Waals surface area contributed by atoms with Gasteiger partial charge in [0.2, 0.25) is 0 Å². The maximum absolute atomic E-state index is 9.60. The molecule has 0 amide bonds. The summed E-state index contributed by atoms with van der Waals surface area (Å²) in [4.78, 5) is 4.96. The zero-order valence-electron chi connectivity index (χ0n) is 18.5. The van der Waals surface area contributed by atoms with Crippen LogP contribution in [0.5, 0.6) is 5.75 Å². The SMILES string of the molecule is CCOc1ccc(CN2CCN(Cc3ccc(C#CCCO)cc3)C[C@H]2CCO)cc1. The minimum absolute atomic E-state index is 0.102. The van der Waals surface area contributed by atoms with E-state index in [4.69, 9.17) is 9.84 Å². The molecule has 1 heterocycles. The van der Waals surface area contributed by atoms with Crippen molar-refractivity contribution in [2.75, 3.05) is 39.5 Å². The molecule has 1 saturated heterocycles. The van der Waals surface area contributed by atoms with Crippen molar-refractivity contribution in [1.29, 1.82) is 0 Å². The molecule has 0 bridgehead atoms. The second-order valence-electron chi connectivity index (χ2n) is 7.92. The third kappa shape index (κ3) is 7.37. The Bertz CT molecular complexity index is 840. The van der Waals surface area contributed by atoms with Crippen LogP contribution >= 0.6 is 0 Å². The maximum Gasteiger partial charge on any atom is 0.119 e. The summed E-state index contributed by atoms with van der Waals surface area (Å²) >= 11 is 0. The van der Waals surface area contributed by atoms with Crippen LogP contribution in [0.3, 0.4) is 0 Å². The lowest BCUT2D eigenvalue weighted by Crippen LogP contribution is -2.52. The average molecular weight is 423 g/mol. The van der Waals surface area contributed by atoms with E-state index in [9.17, 15) is 5.11 Å². The first kappa shape index (κ1) is 23.3. The molecule has 5 heteroatoms. The van der Waals surface area contributed by atoms with Crippen LogP contribution in [-0.4, -0.2) is 65.5 Å². The predicted octanol–water partition coefficient (Wildman–Crippen LogP) is 2.89. The molecule has 5 nitrogen and oxygen atoms in total. The summed E-state index contributed by atoms with van der Waals surface area (Å²) in [5.74, 6) is 6.94. The lowest BCUT2D eigenvalue weighted by molar-refractivity contribution is 0.0500. The molecule has 0 saturated carbocycles. The second kappa shape index (κ2) is 12.5. The number of aliphatic hydroxyl groups is 2. The van der Waals surface area contributed by atoms with E-state index in [2.05, 4.69) is 45.9 Å². The number of rotatable bonds is 9. The van der Waals surface area contributed by atoms with Gasteiger partial charge in [0.15, 0.2) is 0 Å². The van der Waals surface area contributed by atoms with Gasteiger partial charge in [0.1, 0.15) is 5.75 Å². The van der Waals surface area contributed by atoms with E-state index >= 15 is 0 Å². The van der Waals surface area contributed by atoms with E-state index in [1.54, 1.807) is 0 Å². The predicted molar refractivity (Wildman–Crippen MR) is 124 cm³/mol. The fourth-order valence-corrected chi connectivity index (χ4v) is 4.00. The standard InChI is InChI=1S/C26H34N2O3/c1-2-31-26-12-10-24(11-13-26)20-28-16-15-27(21-25(28)14-18-30)19-23-8-6-22(7-9-23)5-3-4-17-29/h6-13,25,29-30H,2,4,14-21H2,1H3/t25-/m1/s1. The van der Waals surface area contributed by atoms with Gasteiger partial charge in [0.05, 0.1) is 13.2 Å². The first-order valence-corrected chi connectivity index (χ1v) is 11.2. The van der Waals surface area contributed by atoms with Crippen molar-refractivity contribution in [2.45, 2.75) is 38.9 Å². The summed E-state index contributed by atoms with van der Waals surface area (Å²) in [6, 6.07) is 17.1. The topological polar surface area (TPSA) is 56.2 Å². The van der Waals surface area contributed by atoms with E-state index in [0.29, 0.717) is 19.1 Å². The molecule has 3 rings (SSSR count). The highest BCUT2D eigenvalue weighted by Crippen LogP contribution is 2.20. The van der Waals surface area contributed by atoms with E-state index in [1.165, 1.54) is 11.1 Å². The lowest BCUT2D eigenvalue weighted by Gasteiger charge is -2.41. The number of hydrogen-bond donors (Lipinski definition) is 2. The van der Waals surface area contributed by atoms with Crippen molar-refractivity contribution in [2.24, 2.45) is 0 Å². The molecule has 2 aromatic carbocycles. The van der Waals surface area contributed by atoms with Gasteiger partial charge in [-0.3, -0.25) is 9.80 Å². The summed E-state index contributed by atoms with van der Waals surface area (Å²) in [5.41, 5.74) is 3.53. The maximum atomic E-state index is 9.60. The van der Waals surface area contributed by atoms with Crippen molar-refractivity contribution in [1.82, 2.24) is 9.80 Å². The average Bonchev–Trinajstić information content (AvgIpc) is 2.78. The normalized spacial score (nSPS) is 17.2.